The number of aliphatic hydroxyl groups excluding tert-OH is 2. The Morgan fingerprint density at radius 3 is 0.836 bits per heavy atom. The van der Waals surface area contributed by atoms with E-state index < -0.39 is 36.5 Å². The van der Waals surface area contributed by atoms with Gasteiger partial charge in [0.05, 0.1) is 31.0 Å². The summed E-state index contributed by atoms with van der Waals surface area (Å²) >= 11 is 0. The summed E-state index contributed by atoms with van der Waals surface area (Å²) in [6.07, 6.45) is 82.0. The minimum absolute atomic E-state index is 0.0457. The van der Waals surface area contributed by atoms with Gasteiger partial charge in [0.25, 0.3) is 0 Å². The van der Waals surface area contributed by atoms with Crippen molar-refractivity contribution >= 4 is 11.9 Å². The highest BCUT2D eigenvalue weighted by atomic mass is 16.6. The summed E-state index contributed by atoms with van der Waals surface area (Å²) in [5, 5.41) is 19.2. The van der Waals surface area contributed by atoms with Crippen LogP contribution in [0.25, 0.3) is 0 Å². The molecule has 0 saturated carbocycles. The average Bonchev–Trinajstić information content (AvgIpc) is 3.46. The fraction of sp³-hybridized carbons (Fsp3) is 0.940. The second-order valence-electron chi connectivity index (χ2n) is 23.9. The van der Waals surface area contributed by atoms with E-state index in [1.165, 1.54) is 334 Å². The SMILES string of the molecule is CCCCCCCCCCCCCCCCCCCCCCCCCCCCCCCCCCCCCCCCCCCCCCCCCCCCCCC/C=C/CC1CC(=O)OCC(CO)(CO)COC1=O. The zero-order chi connectivity index (χ0) is 52.5. The Balaban J connectivity index is 1.67. The third-order valence-electron chi connectivity index (χ3n) is 16.5. The summed E-state index contributed by atoms with van der Waals surface area (Å²) in [6, 6.07) is 0. The van der Waals surface area contributed by atoms with Crippen molar-refractivity contribution in [2.24, 2.45) is 11.3 Å². The van der Waals surface area contributed by atoms with Gasteiger partial charge in [-0.1, -0.05) is 353 Å². The Labute approximate surface area is 455 Å². The summed E-state index contributed by atoms with van der Waals surface area (Å²) < 4.78 is 10.6. The van der Waals surface area contributed by atoms with Gasteiger partial charge in [-0.2, -0.15) is 0 Å². The Morgan fingerprint density at radius 2 is 0.589 bits per heavy atom. The first-order valence-electron chi connectivity index (χ1n) is 33.3. The Morgan fingerprint density at radius 1 is 0.356 bits per heavy atom. The lowest BCUT2D eigenvalue weighted by Gasteiger charge is -2.27. The molecule has 1 rings (SSSR count). The van der Waals surface area contributed by atoms with Crippen molar-refractivity contribution in [3.8, 4) is 0 Å². The van der Waals surface area contributed by atoms with Crippen molar-refractivity contribution in [3.63, 3.8) is 0 Å². The minimum atomic E-state index is -1.14. The smallest absolute Gasteiger partial charge is 0.309 e. The summed E-state index contributed by atoms with van der Waals surface area (Å²) in [5.41, 5.74) is -1.14. The van der Waals surface area contributed by atoms with Gasteiger partial charge >= 0.3 is 11.9 Å². The second kappa shape index (κ2) is 56.8. The average molecular weight is 1030 g/mol. The number of esters is 2. The monoisotopic (exact) mass is 1030 g/mol. The number of hydrogen-bond acceptors (Lipinski definition) is 6. The molecule has 1 unspecified atom stereocenters. The third-order valence-corrected chi connectivity index (χ3v) is 16.5. The van der Waals surface area contributed by atoms with E-state index in [0.717, 1.165) is 12.8 Å². The number of allylic oxidation sites excluding steroid dienone is 2. The van der Waals surface area contributed by atoms with Crippen LogP contribution in [-0.2, 0) is 19.1 Å². The molecular weight excluding hydrogens is 901 g/mol. The Hall–Kier alpha value is -1.40. The van der Waals surface area contributed by atoms with Crippen LogP contribution in [0.5, 0.6) is 0 Å². The number of carbonyl (C=O) groups excluding carboxylic acids is 2. The molecule has 0 aromatic heterocycles. The maximum absolute atomic E-state index is 12.5. The number of carbonyl (C=O) groups is 2. The van der Waals surface area contributed by atoms with Crippen LogP contribution in [0.2, 0.25) is 0 Å². The van der Waals surface area contributed by atoms with Crippen LogP contribution in [0.15, 0.2) is 12.2 Å². The molecule has 1 aliphatic heterocycles. The molecule has 2 N–H and O–H groups in total. The van der Waals surface area contributed by atoms with Crippen LogP contribution < -0.4 is 0 Å². The van der Waals surface area contributed by atoms with E-state index in [4.69, 9.17) is 9.47 Å². The first-order chi connectivity index (χ1) is 36.1. The Bertz CT molecular complexity index is 1150. The van der Waals surface area contributed by atoms with Gasteiger partial charge < -0.3 is 19.7 Å². The predicted molar refractivity (Wildman–Crippen MR) is 315 cm³/mol. The normalized spacial score (nSPS) is 15.2. The molecule has 0 spiro atoms. The fourth-order valence-electron chi connectivity index (χ4n) is 11.1. The van der Waals surface area contributed by atoms with Crippen molar-refractivity contribution in [2.45, 2.75) is 366 Å². The van der Waals surface area contributed by atoms with E-state index in [2.05, 4.69) is 13.0 Å². The molecule has 0 aromatic carbocycles. The van der Waals surface area contributed by atoms with Gasteiger partial charge in [0.2, 0.25) is 0 Å². The molecule has 1 atom stereocenters. The number of hydrogen-bond donors (Lipinski definition) is 2. The first-order valence-corrected chi connectivity index (χ1v) is 33.3. The molecule has 6 nitrogen and oxygen atoms in total. The zero-order valence-electron chi connectivity index (χ0n) is 49.2. The summed E-state index contributed by atoms with van der Waals surface area (Å²) in [6.45, 7) is 1.15. The van der Waals surface area contributed by atoms with Gasteiger partial charge in [-0.3, -0.25) is 9.59 Å². The molecule has 0 amide bonds. The molecule has 0 aliphatic carbocycles. The third kappa shape index (κ3) is 48.7. The maximum Gasteiger partial charge on any atom is 0.309 e. The van der Waals surface area contributed by atoms with E-state index in [1.807, 2.05) is 6.08 Å². The molecule has 1 heterocycles. The molecular formula is C67H128O6. The molecule has 0 bridgehead atoms. The number of ether oxygens (including phenoxy) is 2. The standard InChI is InChI=1S/C67H128O6/c1-2-3-4-5-6-7-8-9-10-11-12-13-14-15-16-17-18-19-20-21-22-23-24-25-26-27-28-29-30-31-32-33-34-35-36-37-38-39-40-41-42-43-44-45-46-47-48-49-50-51-52-53-54-55-56-57-58-64-59-65(70)72-62-67(60-68,61-69)63-73-66(64)71/h56-57,64,68-69H,2-55,58-63H2,1H3/b57-56+. The topological polar surface area (TPSA) is 93.1 Å². The van der Waals surface area contributed by atoms with Gasteiger partial charge in [0.1, 0.15) is 13.2 Å². The highest BCUT2D eigenvalue weighted by molar-refractivity contribution is 5.80. The van der Waals surface area contributed by atoms with E-state index in [0.29, 0.717) is 6.42 Å². The molecule has 1 saturated heterocycles. The first kappa shape index (κ1) is 69.6. The quantitative estimate of drug-likeness (QED) is 0.0358. The highest BCUT2D eigenvalue weighted by Gasteiger charge is 2.36. The predicted octanol–water partition coefficient (Wildman–Crippen LogP) is 21.1. The molecule has 432 valence electrons. The van der Waals surface area contributed by atoms with Gasteiger partial charge in [-0.05, 0) is 19.3 Å². The van der Waals surface area contributed by atoms with Gasteiger partial charge in [-0.25, -0.2) is 0 Å². The number of unbranched alkanes of at least 4 members (excludes halogenated alkanes) is 53. The van der Waals surface area contributed by atoms with Crippen molar-refractivity contribution in [2.75, 3.05) is 26.4 Å². The van der Waals surface area contributed by atoms with Crippen LogP contribution in [0.1, 0.15) is 366 Å². The minimum Gasteiger partial charge on any atom is -0.465 e. The fourth-order valence-corrected chi connectivity index (χ4v) is 11.1. The van der Waals surface area contributed by atoms with Crippen LogP contribution in [0.3, 0.4) is 0 Å². The molecule has 1 aliphatic rings. The summed E-state index contributed by atoms with van der Waals surface area (Å²) in [7, 11) is 0. The molecule has 0 aromatic rings. The van der Waals surface area contributed by atoms with Gasteiger partial charge in [-0.15, -0.1) is 0 Å². The number of cyclic esters (lactones) is 2. The molecule has 73 heavy (non-hydrogen) atoms. The lowest BCUT2D eigenvalue weighted by atomic mass is 9.92. The van der Waals surface area contributed by atoms with E-state index in [9.17, 15) is 19.8 Å². The van der Waals surface area contributed by atoms with E-state index >= 15 is 0 Å². The highest BCUT2D eigenvalue weighted by Crippen LogP contribution is 2.24. The zero-order valence-corrected chi connectivity index (χ0v) is 49.2. The van der Waals surface area contributed by atoms with Crippen LogP contribution in [0, 0.1) is 11.3 Å². The van der Waals surface area contributed by atoms with Crippen molar-refractivity contribution in [1.82, 2.24) is 0 Å². The van der Waals surface area contributed by atoms with Gasteiger partial charge in [0, 0.05) is 0 Å². The lowest BCUT2D eigenvalue weighted by molar-refractivity contribution is -0.154. The molecule has 1 fully saturated rings. The molecule has 6 heteroatoms. The second-order valence-corrected chi connectivity index (χ2v) is 23.9. The summed E-state index contributed by atoms with van der Waals surface area (Å²) in [4.78, 5) is 24.7. The van der Waals surface area contributed by atoms with Crippen molar-refractivity contribution in [1.29, 1.82) is 0 Å². The maximum atomic E-state index is 12.5. The van der Waals surface area contributed by atoms with E-state index in [1.54, 1.807) is 0 Å². The van der Waals surface area contributed by atoms with Crippen LogP contribution in [0.4, 0.5) is 0 Å². The van der Waals surface area contributed by atoms with Gasteiger partial charge in [0.15, 0.2) is 0 Å². The number of aliphatic hydroxyl groups is 2. The number of rotatable bonds is 58. The van der Waals surface area contributed by atoms with Crippen LogP contribution in [-0.4, -0.2) is 48.6 Å². The van der Waals surface area contributed by atoms with Crippen molar-refractivity contribution in [3.05, 3.63) is 12.2 Å². The summed E-state index contributed by atoms with van der Waals surface area (Å²) in [5.74, 6) is -1.57. The van der Waals surface area contributed by atoms with Crippen molar-refractivity contribution < 1.29 is 29.3 Å². The largest absolute Gasteiger partial charge is 0.465 e. The molecule has 0 radical (unpaired) electrons. The van der Waals surface area contributed by atoms with E-state index in [-0.39, 0.29) is 19.6 Å². The Kier molecular flexibility index (Phi) is 54.2. The van der Waals surface area contributed by atoms with Crippen LogP contribution >= 0.6 is 0 Å². The lowest BCUT2D eigenvalue weighted by Crippen LogP contribution is -2.40.